The zero-order valence-corrected chi connectivity index (χ0v) is 17.8. The summed E-state index contributed by atoms with van der Waals surface area (Å²) in [4.78, 5) is 23.0. The molecule has 1 fully saturated rings. The van der Waals surface area contributed by atoms with E-state index in [2.05, 4.69) is 28.8 Å². The lowest BCUT2D eigenvalue weighted by Crippen LogP contribution is -2.35. The van der Waals surface area contributed by atoms with Gasteiger partial charge in [-0.25, -0.2) is 4.98 Å². The van der Waals surface area contributed by atoms with Crippen molar-refractivity contribution in [3.8, 4) is 0 Å². The maximum Gasteiger partial charge on any atom is 0.234 e. The van der Waals surface area contributed by atoms with Gasteiger partial charge in [-0.3, -0.25) is 14.2 Å². The number of hydrogen-bond acceptors (Lipinski definition) is 6. The number of carbonyl (C=O) groups excluding carboxylic acids is 1. The van der Waals surface area contributed by atoms with Crippen LogP contribution >= 0.6 is 11.3 Å². The van der Waals surface area contributed by atoms with Gasteiger partial charge in [0, 0.05) is 29.0 Å². The van der Waals surface area contributed by atoms with E-state index in [-0.39, 0.29) is 5.91 Å². The molecule has 0 radical (unpaired) electrons. The Balaban J connectivity index is 1.70. The summed E-state index contributed by atoms with van der Waals surface area (Å²) < 4.78 is 7.09. The van der Waals surface area contributed by atoms with Gasteiger partial charge < -0.3 is 15.4 Å². The van der Waals surface area contributed by atoms with E-state index in [1.165, 1.54) is 7.11 Å². The standard InChI is InChI=1S/C22H23N5O2S/c1-13-5-6-19-26-20(21(27(19)11-13)24-10-16-9-23-12-30-16)17-7-14(2)18(25-22(17)28)8-15(3)29-4/h5-6,8-9,11-12,17,24H,2-3,7,10H2,1,4H3,(H,25,28)/b18-8+. The van der Waals surface area contributed by atoms with E-state index >= 15 is 0 Å². The summed E-state index contributed by atoms with van der Waals surface area (Å²) in [7, 11) is 1.54. The molecule has 154 valence electrons. The second-order valence-electron chi connectivity index (χ2n) is 7.18. The van der Waals surface area contributed by atoms with Crippen LogP contribution in [0, 0.1) is 6.92 Å². The SMILES string of the molecule is C=C(/C=C1/NC(=O)C(c2nc3ccc(C)cn3c2NCc2cncs2)CC1=C)OC. The maximum absolute atomic E-state index is 13.0. The average Bonchev–Trinajstić information content (AvgIpc) is 3.36. The number of allylic oxidation sites excluding steroid dienone is 2. The van der Waals surface area contributed by atoms with E-state index in [9.17, 15) is 4.79 Å². The maximum atomic E-state index is 13.0. The van der Waals surface area contributed by atoms with Crippen molar-refractivity contribution in [3.63, 3.8) is 0 Å². The van der Waals surface area contributed by atoms with Gasteiger partial charge in [-0.05, 0) is 30.5 Å². The smallest absolute Gasteiger partial charge is 0.234 e. The molecule has 1 aliphatic rings. The number of hydrogen-bond donors (Lipinski definition) is 2. The van der Waals surface area contributed by atoms with Crippen molar-refractivity contribution in [2.45, 2.75) is 25.8 Å². The van der Waals surface area contributed by atoms with Crippen molar-refractivity contribution in [1.29, 1.82) is 0 Å². The first-order chi connectivity index (χ1) is 14.5. The third-order valence-electron chi connectivity index (χ3n) is 5.01. The number of nitrogens with one attached hydrogen (secondary N) is 2. The summed E-state index contributed by atoms with van der Waals surface area (Å²) in [5, 5.41) is 6.39. The Morgan fingerprint density at radius 3 is 3.07 bits per heavy atom. The zero-order chi connectivity index (χ0) is 21.3. The van der Waals surface area contributed by atoms with Gasteiger partial charge in [-0.2, -0.15) is 0 Å². The molecule has 1 saturated heterocycles. The number of methoxy groups -OCH3 is 1. The number of aromatic nitrogens is 3. The molecule has 7 nitrogen and oxygen atoms in total. The van der Waals surface area contributed by atoms with Crippen LogP contribution in [0.15, 0.2) is 66.3 Å². The van der Waals surface area contributed by atoms with Crippen molar-refractivity contribution in [2.24, 2.45) is 0 Å². The minimum absolute atomic E-state index is 0.126. The minimum Gasteiger partial charge on any atom is -0.497 e. The number of piperidine rings is 1. The van der Waals surface area contributed by atoms with Gasteiger partial charge in [0.15, 0.2) is 0 Å². The van der Waals surface area contributed by atoms with E-state index in [1.807, 2.05) is 35.9 Å². The Bertz CT molecular complexity index is 1160. The molecule has 1 atom stereocenters. The van der Waals surface area contributed by atoms with E-state index in [0.717, 1.165) is 27.5 Å². The van der Waals surface area contributed by atoms with E-state index in [1.54, 1.807) is 22.9 Å². The predicted octanol–water partition coefficient (Wildman–Crippen LogP) is 3.92. The highest BCUT2D eigenvalue weighted by molar-refractivity contribution is 7.09. The summed E-state index contributed by atoms with van der Waals surface area (Å²) in [6.45, 7) is 10.6. The van der Waals surface area contributed by atoms with Crippen LogP contribution in [0.1, 0.15) is 28.5 Å². The number of amides is 1. The number of carbonyl (C=O) groups is 1. The van der Waals surface area contributed by atoms with Crippen LogP contribution in [0.25, 0.3) is 5.65 Å². The molecule has 0 aliphatic carbocycles. The highest BCUT2D eigenvalue weighted by Crippen LogP contribution is 2.35. The topological polar surface area (TPSA) is 80.6 Å². The molecule has 8 heteroatoms. The molecule has 0 saturated carbocycles. The molecular formula is C22H23N5O2S. The van der Waals surface area contributed by atoms with Gasteiger partial charge in [0.05, 0.1) is 30.8 Å². The lowest BCUT2D eigenvalue weighted by atomic mass is 9.90. The molecule has 1 unspecified atom stereocenters. The number of anilines is 1. The quantitative estimate of drug-likeness (QED) is 0.590. The number of ether oxygens (including phenoxy) is 1. The molecule has 4 heterocycles. The van der Waals surface area contributed by atoms with Crippen LogP contribution in [-0.2, 0) is 16.1 Å². The van der Waals surface area contributed by atoms with E-state index in [0.29, 0.717) is 30.1 Å². The van der Waals surface area contributed by atoms with Crippen molar-refractivity contribution in [3.05, 3.63) is 82.4 Å². The van der Waals surface area contributed by atoms with E-state index in [4.69, 9.17) is 9.72 Å². The number of thiazole rings is 1. The molecule has 1 aliphatic heterocycles. The first-order valence-electron chi connectivity index (χ1n) is 9.49. The van der Waals surface area contributed by atoms with Crippen molar-refractivity contribution >= 4 is 28.7 Å². The first kappa shape index (κ1) is 19.9. The number of fused-ring (bicyclic) bond motifs is 1. The first-order valence-corrected chi connectivity index (χ1v) is 10.4. The summed E-state index contributed by atoms with van der Waals surface area (Å²) in [6, 6.07) is 3.97. The number of nitrogens with zero attached hydrogens (tertiary/aromatic N) is 3. The van der Waals surface area contributed by atoms with Crippen LogP contribution in [0.3, 0.4) is 0 Å². The van der Waals surface area contributed by atoms with Gasteiger partial charge in [0.25, 0.3) is 0 Å². The lowest BCUT2D eigenvalue weighted by Gasteiger charge is -2.26. The summed E-state index contributed by atoms with van der Waals surface area (Å²) in [5.41, 5.74) is 5.83. The Morgan fingerprint density at radius 2 is 2.33 bits per heavy atom. The zero-order valence-electron chi connectivity index (χ0n) is 16.9. The van der Waals surface area contributed by atoms with Crippen molar-refractivity contribution in [1.82, 2.24) is 19.7 Å². The van der Waals surface area contributed by atoms with E-state index < -0.39 is 5.92 Å². The van der Waals surface area contributed by atoms with Gasteiger partial charge in [0.1, 0.15) is 17.2 Å². The summed E-state index contributed by atoms with van der Waals surface area (Å²) in [5.74, 6) is 0.692. The van der Waals surface area contributed by atoms with Crippen LogP contribution in [0.4, 0.5) is 5.82 Å². The average molecular weight is 422 g/mol. The number of imidazole rings is 1. The monoisotopic (exact) mass is 421 g/mol. The number of pyridine rings is 1. The largest absolute Gasteiger partial charge is 0.497 e. The second kappa shape index (κ2) is 8.16. The molecule has 3 aromatic rings. The predicted molar refractivity (Wildman–Crippen MR) is 118 cm³/mol. The number of rotatable bonds is 6. The van der Waals surface area contributed by atoms with Crippen LogP contribution in [-0.4, -0.2) is 27.4 Å². The molecule has 30 heavy (non-hydrogen) atoms. The third kappa shape index (κ3) is 3.86. The molecular weight excluding hydrogens is 398 g/mol. The fourth-order valence-electron chi connectivity index (χ4n) is 3.42. The molecule has 1 amide bonds. The van der Waals surface area contributed by atoms with Crippen LogP contribution < -0.4 is 10.6 Å². The Morgan fingerprint density at radius 1 is 1.50 bits per heavy atom. The summed E-state index contributed by atoms with van der Waals surface area (Å²) in [6.07, 6.45) is 6.00. The van der Waals surface area contributed by atoms with Gasteiger partial charge in [-0.15, -0.1) is 11.3 Å². The minimum atomic E-state index is -0.449. The van der Waals surface area contributed by atoms with Crippen molar-refractivity contribution in [2.75, 3.05) is 12.4 Å². The van der Waals surface area contributed by atoms with Crippen LogP contribution in [0.2, 0.25) is 0 Å². The van der Waals surface area contributed by atoms with Gasteiger partial charge >= 0.3 is 0 Å². The highest BCUT2D eigenvalue weighted by atomic mass is 32.1. The Labute approximate surface area is 178 Å². The second-order valence-corrected chi connectivity index (χ2v) is 8.15. The molecule has 4 rings (SSSR count). The molecule has 3 aromatic heterocycles. The normalized spacial score (nSPS) is 17.9. The fraction of sp³-hybridized carbons (Fsp3) is 0.227. The molecule has 0 bridgehead atoms. The van der Waals surface area contributed by atoms with Crippen LogP contribution in [0.5, 0.6) is 0 Å². The number of aryl methyl sites for hydroxylation is 1. The molecule has 2 N–H and O–H groups in total. The summed E-state index contributed by atoms with van der Waals surface area (Å²) >= 11 is 1.58. The molecule has 0 aromatic carbocycles. The lowest BCUT2D eigenvalue weighted by molar-refractivity contribution is -0.122. The third-order valence-corrected chi connectivity index (χ3v) is 5.79. The molecule has 0 spiro atoms. The van der Waals surface area contributed by atoms with Crippen molar-refractivity contribution < 1.29 is 9.53 Å². The fourth-order valence-corrected chi connectivity index (χ4v) is 3.96. The van der Waals surface area contributed by atoms with Gasteiger partial charge in [-0.1, -0.05) is 19.2 Å². The Kier molecular flexibility index (Phi) is 5.41. The highest BCUT2D eigenvalue weighted by Gasteiger charge is 2.33. The van der Waals surface area contributed by atoms with Gasteiger partial charge in [0.2, 0.25) is 5.91 Å². The Hall–Kier alpha value is -3.39.